The summed E-state index contributed by atoms with van der Waals surface area (Å²) in [6, 6.07) is 3.53. The van der Waals surface area contributed by atoms with Gasteiger partial charge in [-0.1, -0.05) is 11.6 Å². The Morgan fingerprint density at radius 3 is 3.00 bits per heavy atom. The zero-order chi connectivity index (χ0) is 11.2. The van der Waals surface area contributed by atoms with Crippen molar-refractivity contribution in [3.05, 3.63) is 42.2 Å². The van der Waals surface area contributed by atoms with Crippen molar-refractivity contribution in [2.45, 2.75) is 13.0 Å². The van der Waals surface area contributed by atoms with Crippen LogP contribution in [0.4, 0.5) is 0 Å². The number of rotatable bonds is 5. The molecule has 84 valence electrons. The fourth-order valence-electron chi connectivity index (χ4n) is 1.30. The fourth-order valence-corrected chi connectivity index (χ4v) is 1.42. The third-order valence-electron chi connectivity index (χ3n) is 2.09. The second-order valence-electron chi connectivity index (χ2n) is 3.32. The van der Waals surface area contributed by atoms with E-state index in [0.717, 1.165) is 18.7 Å². The van der Waals surface area contributed by atoms with E-state index in [1.54, 1.807) is 24.8 Å². The van der Waals surface area contributed by atoms with Gasteiger partial charge in [-0.2, -0.15) is 0 Å². The minimum atomic E-state index is 0.478. The zero-order valence-electron chi connectivity index (χ0n) is 8.71. The maximum absolute atomic E-state index is 5.66. The maximum Gasteiger partial charge on any atom is 0.137 e. The SMILES string of the molecule is Clc1ccc(OCCCn2ccnc2)cn1. The summed E-state index contributed by atoms with van der Waals surface area (Å²) in [4.78, 5) is 7.90. The van der Waals surface area contributed by atoms with E-state index >= 15 is 0 Å². The summed E-state index contributed by atoms with van der Waals surface area (Å²) in [5.41, 5.74) is 0. The third-order valence-corrected chi connectivity index (χ3v) is 2.31. The molecule has 0 aliphatic carbocycles. The van der Waals surface area contributed by atoms with Crippen molar-refractivity contribution in [3.8, 4) is 5.75 Å². The lowest BCUT2D eigenvalue weighted by atomic mass is 10.4. The molecule has 0 unspecified atom stereocenters. The summed E-state index contributed by atoms with van der Waals surface area (Å²) in [6.07, 6.45) is 8.05. The summed E-state index contributed by atoms with van der Waals surface area (Å²) in [7, 11) is 0. The highest BCUT2D eigenvalue weighted by Crippen LogP contribution is 2.12. The summed E-state index contributed by atoms with van der Waals surface area (Å²) < 4.78 is 7.52. The highest BCUT2D eigenvalue weighted by molar-refractivity contribution is 6.29. The van der Waals surface area contributed by atoms with Crippen molar-refractivity contribution in [1.82, 2.24) is 14.5 Å². The van der Waals surface area contributed by atoms with Crippen LogP contribution in [0.5, 0.6) is 5.75 Å². The first-order chi connectivity index (χ1) is 7.84. The van der Waals surface area contributed by atoms with Gasteiger partial charge in [0.2, 0.25) is 0 Å². The lowest BCUT2D eigenvalue weighted by molar-refractivity contribution is 0.300. The van der Waals surface area contributed by atoms with Crippen LogP contribution >= 0.6 is 11.6 Å². The molecule has 0 saturated carbocycles. The van der Waals surface area contributed by atoms with Gasteiger partial charge in [0.1, 0.15) is 10.9 Å². The molecule has 0 aromatic carbocycles. The van der Waals surface area contributed by atoms with E-state index in [1.807, 2.05) is 16.8 Å². The molecule has 2 rings (SSSR count). The summed E-state index contributed by atoms with van der Waals surface area (Å²) >= 11 is 5.66. The molecule has 0 atom stereocenters. The highest BCUT2D eigenvalue weighted by atomic mass is 35.5. The molecule has 0 fully saturated rings. The van der Waals surface area contributed by atoms with Crippen molar-refractivity contribution >= 4 is 11.6 Å². The molecule has 2 aromatic heterocycles. The Balaban J connectivity index is 1.70. The minimum absolute atomic E-state index is 0.478. The van der Waals surface area contributed by atoms with E-state index < -0.39 is 0 Å². The van der Waals surface area contributed by atoms with Gasteiger partial charge in [0.25, 0.3) is 0 Å². The fraction of sp³-hybridized carbons (Fsp3) is 0.273. The molecule has 0 radical (unpaired) electrons. The molecule has 2 aromatic rings. The van der Waals surface area contributed by atoms with Gasteiger partial charge in [0.15, 0.2) is 0 Å². The molecular formula is C11H12ClN3O. The normalized spacial score (nSPS) is 10.3. The Kier molecular flexibility index (Phi) is 3.77. The van der Waals surface area contributed by atoms with Crippen molar-refractivity contribution in [3.63, 3.8) is 0 Å². The Morgan fingerprint density at radius 1 is 1.38 bits per heavy atom. The second kappa shape index (κ2) is 5.51. The quantitative estimate of drug-likeness (QED) is 0.592. The van der Waals surface area contributed by atoms with Crippen LogP contribution in [-0.4, -0.2) is 21.1 Å². The molecule has 0 N–H and O–H groups in total. The maximum atomic E-state index is 5.66. The van der Waals surface area contributed by atoms with Gasteiger partial charge in [-0.05, 0) is 18.6 Å². The van der Waals surface area contributed by atoms with Crippen LogP contribution in [0.15, 0.2) is 37.1 Å². The van der Waals surface area contributed by atoms with Gasteiger partial charge in [0, 0.05) is 18.9 Å². The number of nitrogens with zero attached hydrogens (tertiary/aromatic N) is 3. The number of aryl methyl sites for hydroxylation is 1. The number of pyridine rings is 1. The van der Waals surface area contributed by atoms with E-state index in [9.17, 15) is 0 Å². The van der Waals surface area contributed by atoms with Gasteiger partial charge in [-0.15, -0.1) is 0 Å². The van der Waals surface area contributed by atoms with E-state index in [2.05, 4.69) is 9.97 Å². The van der Waals surface area contributed by atoms with Gasteiger partial charge in [-0.25, -0.2) is 9.97 Å². The van der Waals surface area contributed by atoms with E-state index in [4.69, 9.17) is 16.3 Å². The van der Waals surface area contributed by atoms with Crippen LogP contribution in [0.2, 0.25) is 5.15 Å². The first kappa shape index (κ1) is 11.0. The van der Waals surface area contributed by atoms with Crippen LogP contribution in [-0.2, 0) is 6.54 Å². The van der Waals surface area contributed by atoms with Gasteiger partial charge >= 0.3 is 0 Å². The Morgan fingerprint density at radius 2 is 2.31 bits per heavy atom. The van der Waals surface area contributed by atoms with Crippen molar-refractivity contribution in [2.75, 3.05) is 6.61 Å². The standard InChI is InChI=1S/C11H12ClN3O/c12-11-3-2-10(8-14-11)16-7-1-5-15-6-4-13-9-15/h2-4,6,8-9H,1,5,7H2. The molecule has 0 aliphatic rings. The molecule has 0 aliphatic heterocycles. The first-order valence-corrected chi connectivity index (χ1v) is 5.42. The van der Waals surface area contributed by atoms with E-state index in [1.165, 1.54) is 0 Å². The Hall–Kier alpha value is -1.55. The lowest BCUT2D eigenvalue weighted by Gasteiger charge is -2.05. The van der Waals surface area contributed by atoms with Gasteiger partial charge < -0.3 is 9.30 Å². The average Bonchev–Trinajstić information content (AvgIpc) is 2.80. The van der Waals surface area contributed by atoms with Gasteiger partial charge in [-0.3, -0.25) is 0 Å². The van der Waals surface area contributed by atoms with Crippen LogP contribution in [0.3, 0.4) is 0 Å². The largest absolute Gasteiger partial charge is 0.492 e. The predicted octanol–water partition coefficient (Wildman–Crippen LogP) is 2.40. The predicted molar refractivity (Wildman–Crippen MR) is 61.6 cm³/mol. The van der Waals surface area contributed by atoms with Crippen LogP contribution in [0, 0.1) is 0 Å². The number of imidazole rings is 1. The zero-order valence-corrected chi connectivity index (χ0v) is 9.47. The van der Waals surface area contributed by atoms with Crippen molar-refractivity contribution < 1.29 is 4.74 Å². The van der Waals surface area contributed by atoms with E-state index in [0.29, 0.717) is 11.8 Å². The first-order valence-electron chi connectivity index (χ1n) is 5.05. The molecule has 0 amide bonds. The Bertz CT molecular complexity index is 413. The average molecular weight is 238 g/mol. The molecule has 16 heavy (non-hydrogen) atoms. The van der Waals surface area contributed by atoms with Crippen LogP contribution in [0.1, 0.15) is 6.42 Å². The molecule has 0 saturated heterocycles. The summed E-state index contributed by atoms with van der Waals surface area (Å²) in [5.74, 6) is 0.745. The monoisotopic (exact) mass is 237 g/mol. The molecule has 2 heterocycles. The topological polar surface area (TPSA) is 39.9 Å². The molecule has 0 spiro atoms. The molecular weight excluding hydrogens is 226 g/mol. The number of hydrogen-bond donors (Lipinski definition) is 0. The smallest absolute Gasteiger partial charge is 0.137 e. The van der Waals surface area contributed by atoms with Crippen LogP contribution in [0.25, 0.3) is 0 Å². The van der Waals surface area contributed by atoms with Crippen LogP contribution < -0.4 is 4.74 Å². The molecule has 5 heteroatoms. The number of halogens is 1. The number of hydrogen-bond acceptors (Lipinski definition) is 3. The lowest BCUT2D eigenvalue weighted by Crippen LogP contribution is -2.03. The van der Waals surface area contributed by atoms with Crippen molar-refractivity contribution in [2.24, 2.45) is 0 Å². The summed E-state index contributed by atoms with van der Waals surface area (Å²) in [5, 5.41) is 0.478. The van der Waals surface area contributed by atoms with Crippen molar-refractivity contribution in [1.29, 1.82) is 0 Å². The third kappa shape index (κ3) is 3.24. The molecule has 4 nitrogen and oxygen atoms in total. The minimum Gasteiger partial charge on any atom is -0.492 e. The number of ether oxygens (including phenoxy) is 1. The number of aromatic nitrogens is 3. The van der Waals surface area contributed by atoms with E-state index in [-0.39, 0.29) is 0 Å². The molecule has 0 bridgehead atoms. The Labute approximate surface area is 98.9 Å². The van der Waals surface area contributed by atoms with Gasteiger partial charge in [0.05, 0.1) is 19.1 Å². The second-order valence-corrected chi connectivity index (χ2v) is 3.71. The highest BCUT2D eigenvalue weighted by Gasteiger charge is 1.95. The summed E-state index contributed by atoms with van der Waals surface area (Å²) in [6.45, 7) is 1.56.